The summed E-state index contributed by atoms with van der Waals surface area (Å²) in [6, 6.07) is 10.8. The molecule has 1 aliphatic carbocycles. The van der Waals surface area contributed by atoms with Crippen LogP contribution in [0.2, 0.25) is 0 Å². The lowest BCUT2D eigenvalue weighted by molar-refractivity contribution is -0.694. The Bertz CT molecular complexity index is 1250. The quantitative estimate of drug-likeness (QED) is 0.465. The molecule has 0 fully saturated rings. The molecule has 5 rings (SSSR count). The number of H-pyrrole nitrogens is 1. The zero-order valence-corrected chi connectivity index (χ0v) is 18.5. The Labute approximate surface area is 180 Å². The highest BCUT2D eigenvalue weighted by atomic mass is 32.1. The summed E-state index contributed by atoms with van der Waals surface area (Å²) in [4.78, 5) is 23.1. The molecule has 0 saturated heterocycles. The van der Waals surface area contributed by atoms with E-state index in [4.69, 9.17) is 4.98 Å². The Morgan fingerprint density at radius 3 is 3.10 bits per heavy atom. The van der Waals surface area contributed by atoms with Crippen LogP contribution < -0.4 is 10.9 Å². The molecule has 0 amide bonds. The highest BCUT2D eigenvalue weighted by Crippen LogP contribution is 2.35. The molecule has 0 aliphatic heterocycles. The van der Waals surface area contributed by atoms with Crippen LogP contribution in [0.25, 0.3) is 21.1 Å². The van der Waals surface area contributed by atoms with Crippen LogP contribution in [0.1, 0.15) is 49.0 Å². The molecule has 156 valence electrons. The summed E-state index contributed by atoms with van der Waals surface area (Å²) < 4.78 is 2.32. The molecular formula is C24H29N4OS+. The number of nitrogens with zero attached hydrogens (tertiary/aromatic N) is 2. The van der Waals surface area contributed by atoms with Gasteiger partial charge in [-0.3, -0.25) is 4.79 Å². The van der Waals surface area contributed by atoms with E-state index in [2.05, 4.69) is 65.2 Å². The van der Waals surface area contributed by atoms with E-state index in [1.165, 1.54) is 27.8 Å². The average molecular weight is 422 g/mol. The van der Waals surface area contributed by atoms with Crippen LogP contribution in [0.3, 0.4) is 0 Å². The molecule has 0 saturated carbocycles. The van der Waals surface area contributed by atoms with Gasteiger partial charge in [0.1, 0.15) is 10.9 Å². The van der Waals surface area contributed by atoms with Crippen molar-refractivity contribution in [2.75, 3.05) is 6.54 Å². The van der Waals surface area contributed by atoms with Gasteiger partial charge in [-0.25, -0.2) is 4.98 Å². The van der Waals surface area contributed by atoms with Gasteiger partial charge in [-0.15, -0.1) is 11.3 Å². The highest BCUT2D eigenvalue weighted by Gasteiger charge is 2.24. The molecule has 3 aromatic heterocycles. The molecule has 0 unspecified atom stereocenters. The third-order valence-electron chi connectivity index (χ3n) is 6.42. The molecule has 30 heavy (non-hydrogen) atoms. The zero-order valence-electron chi connectivity index (χ0n) is 17.6. The van der Waals surface area contributed by atoms with E-state index in [0.717, 1.165) is 48.4 Å². The van der Waals surface area contributed by atoms with Gasteiger partial charge >= 0.3 is 0 Å². The number of hydrogen-bond donors (Lipinski definition) is 2. The first-order valence-electron chi connectivity index (χ1n) is 11.0. The second-order valence-electron chi connectivity index (χ2n) is 8.72. The van der Waals surface area contributed by atoms with Gasteiger partial charge in [-0.2, -0.15) is 0 Å². The zero-order chi connectivity index (χ0) is 20.7. The predicted molar refractivity (Wildman–Crippen MR) is 123 cm³/mol. The van der Waals surface area contributed by atoms with Crippen molar-refractivity contribution in [1.82, 2.24) is 14.5 Å². The first-order valence-corrected chi connectivity index (χ1v) is 11.8. The highest BCUT2D eigenvalue weighted by molar-refractivity contribution is 7.18. The van der Waals surface area contributed by atoms with Gasteiger partial charge < -0.3 is 14.9 Å². The van der Waals surface area contributed by atoms with E-state index in [1.807, 2.05) is 0 Å². The van der Waals surface area contributed by atoms with Gasteiger partial charge in [0, 0.05) is 29.6 Å². The molecular weight excluding hydrogens is 392 g/mol. The third-order valence-corrected chi connectivity index (χ3v) is 7.57. The summed E-state index contributed by atoms with van der Waals surface area (Å²) in [6.07, 6.45) is 6.50. The van der Waals surface area contributed by atoms with Crippen molar-refractivity contribution in [3.05, 3.63) is 63.1 Å². The van der Waals surface area contributed by atoms with Crippen LogP contribution in [0.5, 0.6) is 0 Å². The minimum Gasteiger partial charge on any atom is -0.347 e. The number of nitrogens with one attached hydrogen (secondary N) is 1. The molecule has 3 N–H and O–H groups in total. The number of thiophene rings is 1. The molecule has 1 aromatic carbocycles. The fourth-order valence-electron chi connectivity index (χ4n) is 4.66. The van der Waals surface area contributed by atoms with Crippen LogP contribution in [0.15, 0.2) is 41.3 Å². The van der Waals surface area contributed by atoms with Crippen molar-refractivity contribution in [3.63, 3.8) is 0 Å². The van der Waals surface area contributed by atoms with Gasteiger partial charge in [0.2, 0.25) is 0 Å². The van der Waals surface area contributed by atoms with Gasteiger partial charge in [0.15, 0.2) is 5.82 Å². The van der Waals surface area contributed by atoms with E-state index in [-0.39, 0.29) is 11.6 Å². The summed E-state index contributed by atoms with van der Waals surface area (Å²) in [5.74, 6) is 1.50. The van der Waals surface area contributed by atoms with Crippen LogP contribution in [0.4, 0.5) is 0 Å². The largest absolute Gasteiger partial charge is 0.347 e. The molecule has 0 radical (unpaired) electrons. The van der Waals surface area contributed by atoms with E-state index in [1.54, 1.807) is 11.3 Å². The van der Waals surface area contributed by atoms with Crippen molar-refractivity contribution in [3.8, 4) is 0 Å². The second-order valence-corrected chi connectivity index (χ2v) is 9.80. The lowest BCUT2D eigenvalue weighted by Gasteiger charge is -2.17. The summed E-state index contributed by atoms with van der Waals surface area (Å²) in [6.45, 7) is 6.41. The van der Waals surface area contributed by atoms with E-state index >= 15 is 0 Å². The monoisotopic (exact) mass is 421 g/mol. The minimum absolute atomic E-state index is 0.0427. The minimum atomic E-state index is 0.0427. The van der Waals surface area contributed by atoms with Gasteiger partial charge in [-0.1, -0.05) is 25.1 Å². The van der Waals surface area contributed by atoms with Crippen LogP contribution in [-0.4, -0.2) is 21.1 Å². The SMILES string of the molecule is C[C@H]1CCc2c(sc3nc([C@@H](C)[NH2+]CCCn4ccc5ccccc54)[nH]c(=O)c23)C1. The van der Waals surface area contributed by atoms with Crippen LogP contribution >= 0.6 is 11.3 Å². The Morgan fingerprint density at radius 1 is 1.33 bits per heavy atom. The molecule has 2 atom stereocenters. The maximum Gasteiger partial charge on any atom is 0.260 e. The van der Waals surface area contributed by atoms with E-state index in [9.17, 15) is 4.79 Å². The molecule has 3 heterocycles. The Balaban J connectivity index is 1.26. The van der Waals surface area contributed by atoms with Crippen LogP contribution in [-0.2, 0) is 19.4 Å². The fourth-order valence-corrected chi connectivity index (χ4v) is 6.05. The summed E-state index contributed by atoms with van der Waals surface area (Å²) in [5.41, 5.74) is 2.59. The van der Waals surface area contributed by atoms with Crippen molar-refractivity contribution in [1.29, 1.82) is 0 Å². The predicted octanol–water partition coefficient (Wildman–Crippen LogP) is 3.78. The summed E-state index contributed by atoms with van der Waals surface area (Å²) >= 11 is 1.73. The number of aromatic nitrogens is 3. The second kappa shape index (κ2) is 8.00. The summed E-state index contributed by atoms with van der Waals surface area (Å²) in [7, 11) is 0. The van der Waals surface area contributed by atoms with Crippen molar-refractivity contribution < 1.29 is 5.32 Å². The lowest BCUT2D eigenvalue weighted by Crippen LogP contribution is -2.85. The fraction of sp³-hybridized carbons (Fsp3) is 0.417. The molecule has 0 bridgehead atoms. The summed E-state index contributed by atoms with van der Waals surface area (Å²) in [5, 5.41) is 4.42. The third kappa shape index (κ3) is 3.59. The topological polar surface area (TPSA) is 67.3 Å². The number of rotatable bonds is 6. The molecule has 1 aliphatic rings. The number of aryl methyl sites for hydroxylation is 2. The van der Waals surface area contributed by atoms with E-state index in [0.29, 0.717) is 5.92 Å². The molecule has 0 spiro atoms. The Morgan fingerprint density at radius 2 is 2.20 bits per heavy atom. The van der Waals surface area contributed by atoms with Gasteiger partial charge in [0.25, 0.3) is 5.56 Å². The van der Waals surface area contributed by atoms with E-state index < -0.39 is 0 Å². The first kappa shape index (κ1) is 19.5. The standard InChI is InChI=1S/C24H28N4OS/c1-15-8-9-18-20(14-15)30-24-21(18)23(29)26-22(27-24)16(2)25-11-5-12-28-13-10-17-6-3-4-7-19(17)28/h3-4,6-7,10,13,15-16,25H,5,8-9,11-12,14H2,1-2H3,(H,26,27,29)/p+1/t15-,16+/m0/s1. The lowest BCUT2D eigenvalue weighted by atomic mass is 9.89. The maximum atomic E-state index is 12.8. The maximum absolute atomic E-state index is 12.8. The smallest absolute Gasteiger partial charge is 0.260 e. The normalized spacial score (nSPS) is 17.5. The number of aromatic amines is 1. The van der Waals surface area contributed by atoms with Crippen molar-refractivity contribution >= 4 is 32.5 Å². The number of para-hydroxylation sites is 1. The first-order chi connectivity index (χ1) is 14.6. The number of quaternary nitrogens is 1. The average Bonchev–Trinajstić information content (AvgIpc) is 3.31. The Kier molecular flexibility index (Phi) is 5.21. The van der Waals surface area contributed by atoms with Gasteiger partial charge in [-0.05, 0) is 55.2 Å². The number of fused-ring (bicyclic) bond motifs is 4. The van der Waals surface area contributed by atoms with Crippen molar-refractivity contribution in [2.45, 2.75) is 52.1 Å². The Hall–Kier alpha value is -2.44. The van der Waals surface area contributed by atoms with Gasteiger partial charge in [0.05, 0.1) is 11.9 Å². The molecule has 6 heteroatoms. The van der Waals surface area contributed by atoms with Crippen LogP contribution in [0, 0.1) is 5.92 Å². The number of benzene rings is 1. The molecule has 4 aromatic rings. The van der Waals surface area contributed by atoms with Crippen molar-refractivity contribution in [2.24, 2.45) is 5.92 Å². The molecule has 5 nitrogen and oxygen atoms in total. The number of nitrogens with two attached hydrogens (primary N) is 1. The number of hydrogen-bond acceptors (Lipinski definition) is 3.